The van der Waals surface area contributed by atoms with Gasteiger partial charge in [0.1, 0.15) is 6.17 Å². The highest BCUT2D eigenvalue weighted by atomic mass is 19.3. The minimum atomic E-state index is -3.13. The molecule has 0 spiro atoms. The highest BCUT2D eigenvalue weighted by Gasteiger charge is 2.33. The summed E-state index contributed by atoms with van der Waals surface area (Å²) in [5.74, 6) is -3.80. The fourth-order valence-electron chi connectivity index (χ4n) is 1.62. The lowest BCUT2D eigenvalue weighted by Crippen LogP contribution is -2.36. The average Bonchev–Trinajstić information content (AvgIpc) is 2.65. The van der Waals surface area contributed by atoms with E-state index in [4.69, 9.17) is 4.52 Å². The molecule has 2 heterocycles. The Bertz CT molecular complexity index is 363. The normalized spacial score (nSPS) is 22.5. The number of alkyl halides is 3. The minimum Gasteiger partial charge on any atom is -0.322 e. The molecule has 90 valence electrons. The third kappa shape index (κ3) is 2.28. The van der Waals surface area contributed by atoms with Gasteiger partial charge < -0.3 is 9.42 Å². The highest BCUT2D eigenvalue weighted by molar-refractivity contribution is 5.26. The van der Waals surface area contributed by atoms with Gasteiger partial charge in [-0.25, -0.2) is 4.39 Å². The first-order valence-electron chi connectivity index (χ1n) is 5.08. The minimum absolute atomic E-state index is 0.0288. The van der Waals surface area contributed by atoms with Crippen LogP contribution in [0.15, 0.2) is 4.52 Å². The Hall–Kier alpha value is -1.27. The lowest BCUT2D eigenvalue weighted by Gasteiger charge is -2.26. The number of rotatable bonds is 2. The van der Waals surface area contributed by atoms with Gasteiger partial charge in [0.05, 0.1) is 6.54 Å². The van der Waals surface area contributed by atoms with Crippen molar-refractivity contribution in [3.63, 3.8) is 0 Å². The molecule has 0 aromatic carbocycles. The summed E-state index contributed by atoms with van der Waals surface area (Å²) in [5, 5.41) is 3.19. The van der Waals surface area contributed by atoms with E-state index in [9.17, 15) is 13.2 Å². The van der Waals surface area contributed by atoms with Crippen molar-refractivity contribution in [1.82, 2.24) is 10.1 Å². The van der Waals surface area contributed by atoms with Crippen molar-refractivity contribution < 1.29 is 17.7 Å². The van der Waals surface area contributed by atoms with E-state index in [1.807, 2.05) is 0 Å². The molecule has 1 aliphatic rings. The Kier molecular flexibility index (Phi) is 2.77. The maximum atomic E-state index is 13.1. The largest absolute Gasteiger partial charge is 0.324 e. The van der Waals surface area contributed by atoms with E-state index in [-0.39, 0.29) is 12.6 Å². The number of hydrogen-bond donors (Lipinski definition) is 0. The van der Waals surface area contributed by atoms with E-state index in [1.165, 1.54) is 4.90 Å². The zero-order valence-corrected chi connectivity index (χ0v) is 8.79. The van der Waals surface area contributed by atoms with Crippen molar-refractivity contribution in [1.29, 1.82) is 0 Å². The van der Waals surface area contributed by atoms with Gasteiger partial charge in [-0.15, -0.1) is 0 Å². The van der Waals surface area contributed by atoms with Crippen LogP contribution in [0.2, 0.25) is 0 Å². The number of anilines is 1. The topological polar surface area (TPSA) is 42.2 Å². The second kappa shape index (κ2) is 3.95. The van der Waals surface area contributed by atoms with Crippen LogP contribution in [0.5, 0.6) is 0 Å². The molecule has 0 bridgehead atoms. The first-order valence-corrected chi connectivity index (χ1v) is 5.08. The molecule has 4 nitrogen and oxygen atoms in total. The van der Waals surface area contributed by atoms with Gasteiger partial charge in [0, 0.05) is 13.5 Å². The molecule has 16 heavy (non-hydrogen) atoms. The van der Waals surface area contributed by atoms with E-state index in [2.05, 4.69) is 10.1 Å². The number of halogens is 3. The fraction of sp³-hybridized carbons (Fsp3) is 0.778. The number of hydrogen-bond acceptors (Lipinski definition) is 4. The van der Waals surface area contributed by atoms with E-state index in [0.29, 0.717) is 26.3 Å². The summed E-state index contributed by atoms with van der Waals surface area (Å²) >= 11 is 0. The summed E-state index contributed by atoms with van der Waals surface area (Å²) in [7, 11) is 0. The molecular weight excluding hydrogens is 223 g/mol. The quantitative estimate of drug-likeness (QED) is 0.787. The molecule has 1 fully saturated rings. The van der Waals surface area contributed by atoms with Gasteiger partial charge in [-0.1, -0.05) is 5.16 Å². The Labute approximate surface area is 90.4 Å². The van der Waals surface area contributed by atoms with E-state index < -0.39 is 17.9 Å². The fourth-order valence-corrected chi connectivity index (χ4v) is 1.62. The monoisotopic (exact) mass is 235 g/mol. The van der Waals surface area contributed by atoms with Gasteiger partial charge in [0.25, 0.3) is 0 Å². The maximum absolute atomic E-state index is 13.1. The number of aromatic nitrogens is 2. The van der Waals surface area contributed by atoms with Gasteiger partial charge in [0.2, 0.25) is 5.82 Å². The SMILES string of the molecule is CC(F)(F)c1noc(N2CCCC(F)C2)n1. The zero-order valence-electron chi connectivity index (χ0n) is 8.79. The molecule has 1 aromatic rings. The van der Waals surface area contributed by atoms with Crippen molar-refractivity contribution in [2.24, 2.45) is 0 Å². The van der Waals surface area contributed by atoms with Crippen LogP contribution in [-0.4, -0.2) is 29.4 Å². The molecule has 0 saturated carbocycles. The van der Waals surface area contributed by atoms with Crippen molar-refractivity contribution in [2.45, 2.75) is 31.9 Å². The molecule has 2 rings (SSSR count). The molecule has 1 aromatic heterocycles. The van der Waals surface area contributed by atoms with Crippen molar-refractivity contribution in [3.05, 3.63) is 5.82 Å². The Balaban J connectivity index is 2.12. The number of nitrogens with zero attached hydrogens (tertiary/aromatic N) is 3. The Morgan fingerprint density at radius 2 is 2.25 bits per heavy atom. The lowest BCUT2D eigenvalue weighted by atomic mass is 10.1. The van der Waals surface area contributed by atoms with Crippen molar-refractivity contribution >= 4 is 6.01 Å². The predicted molar refractivity (Wildman–Crippen MR) is 50.2 cm³/mol. The summed E-state index contributed by atoms with van der Waals surface area (Å²) in [5.41, 5.74) is 0. The molecule has 0 N–H and O–H groups in total. The lowest BCUT2D eigenvalue weighted by molar-refractivity contribution is 0.00559. The second-order valence-corrected chi connectivity index (χ2v) is 3.97. The maximum Gasteiger partial charge on any atom is 0.324 e. The van der Waals surface area contributed by atoms with Crippen LogP contribution >= 0.6 is 0 Å². The molecule has 1 atom stereocenters. The molecule has 0 radical (unpaired) electrons. The van der Waals surface area contributed by atoms with Crippen LogP contribution in [0.3, 0.4) is 0 Å². The van der Waals surface area contributed by atoms with Gasteiger partial charge in [0.15, 0.2) is 0 Å². The van der Waals surface area contributed by atoms with Crippen molar-refractivity contribution in [2.75, 3.05) is 18.0 Å². The van der Waals surface area contributed by atoms with E-state index in [1.54, 1.807) is 0 Å². The molecule has 1 unspecified atom stereocenters. The van der Waals surface area contributed by atoms with Gasteiger partial charge in [-0.05, 0) is 12.8 Å². The Morgan fingerprint density at radius 3 is 2.81 bits per heavy atom. The summed E-state index contributed by atoms with van der Waals surface area (Å²) in [4.78, 5) is 5.07. The van der Waals surface area contributed by atoms with Crippen LogP contribution in [0.4, 0.5) is 19.2 Å². The van der Waals surface area contributed by atoms with Crippen LogP contribution < -0.4 is 4.90 Å². The van der Waals surface area contributed by atoms with E-state index in [0.717, 1.165) is 0 Å². The zero-order chi connectivity index (χ0) is 11.8. The summed E-state index contributed by atoms with van der Waals surface area (Å²) in [6.45, 7) is 1.37. The molecule has 0 aliphatic carbocycles. The van der Waals surface area contributed by atoms with E-state index >= 15 is 0 Å². The third-order valence-corrected chi connectivity index (χ3v) is 2.44. The molecule has 1 saturated heterocycles. The first-order chi connectivity index (χ1) is 7.47. The van der Waals surface area contributed by atoms with Gasteiger partial charge in [-0.2, -0.15) is 13.8 Å². The third-order valence-electron chi connectivity index (χ3n) is 2.44. The molecule has 1 aliphatic heterocycles. The molecule has 0 amide bonds. The number of piperidine rings is 1. The van der Waals surface area contributed by atoms with Crippen LogP contribution in [0, 0.1) is 0 Å². The van der Waals surface area contributed by atoms with Crippen LogP contribution in [-0.2, 0) is 5.92 Å². The first kappa shape index (κ1) is 11.2. The summed E-state index contributed by atoms with van der Waals surface area (Å²) in [6, 6.07) is -0.0288. The second-order valence-electron chi connectivity index (χ2n) is 3.97. The molecule has 7 heteroatoms. The predicted octanol–water partition coefficient (Wildman–Crippen LogP) is 2.12. The summed E-state index contributed by atoms with van der Waals surface area (Å²) < 4.78 is 43.4. The summed E-state index contributed by atoms with van der Waals surface area (Å²) in [6.07, 6.45) is 0.175. The standard InChI is InChI=1S/C9H12F3N3O/c1-9(11,12)7-13-8(16-14-7)15-4-2-3-6(10)5-15/h6H,2-5H2,1H3. The van der Waals surface area contributed by atoms with Crippen LogP contribution in [0.25, 0.3) is 0 Å². The Morgan fingerprint density at radius 1 is 1.50 bits per heavy atom. The van der Waals surface area contributed by atoms with Gasteiger partial charge >= 0.3 is 11.9 Å². The van der Waals surface area contributed by atoms with Gasteiger partial charge in [-0.3, -0.25) is 0 Å². The highest BCUT2D eigenvalue weighted by Crippen LogP contribution is 2.27. The molecular formula is C9H12F3N3O. The van der Waals surface area contributed by atoms with Crippen molar-refractivity contribution in [3.8, 4) is 0 Å². The smallest absolute Gasteiger partial charge is 0.322 e. The van der Waals surface area contributed by atoms with Crippen LogP contribution in [0.1, 0.15) is 25.6 Å². The average molecular weight is 235 g/mol.